The van der Waals surface area contributed by atoms with Gasteiger partial charge in [-0.2, -0.15) is 0 Å². The highest BCUT2D eigenvalue weighted by atomic mass is 16.2. The maximum Gasteiger partial charge on any atom is 0.272 e. The topological polar surface area (TPSA) is 49.4 Å². The Kier molecular flexibility index (Phi) is 6.34. The van der Waals surface area contributed by atoms with Crippen molar-refractivity contribution in [3.05, 3.63) is 71.8 Å². The summed E-state index contributed by atoms with van der Waals surface area (Å²) in [6.45, 7) is 5.70. The van der Waals surface area contributed by atoms with E-state index in [-0.39, 0.29) is 11.8 Å². The van der Waals surface area contributed by atoms with Crippen LogP contribution in [0.25, 0.3) is 0 Å². The molecular weight excluding hydrogens is 312 g/mol. The van der Waals surface area contributed by atoms with Crippen LogP contribution in [0.2, 0.25) is 0 Å². The Morgan fingerprint density at radius 1 is 0.920 bits per heavy atom. The summed E-state index contributed by atoms with van der Waals surface area (Å²) in [7, 11) is 0. The number of rotatable bonds is 5. The molecule has 0 bridgehead atoms. The van der Waals surface area contributed by atoms with Crippen molar-refractivity contribution in [1.82, 2.24) is 10.4 Å². The maximum atomic E-state index is 12.7. The zero-order valence-electron chi connectivity index (χ0n) is 15.2. The van der Waals surface area contributed by atoms with Gasteiger partial charge < -0.3 is 0 Å². The van der Waals surface area contributed by atoms with E-state index in [1.54, 1.807) is 12.1 Å². The Hall–Kier alpha value is -2.62. The van der Waals surface area contributed by atoms with Gasteiger partial charge in [0, 0.05) is 12.0 Å². The molecule has 132 valence electrons. The van der Waals surface area contributed by atoms with E-state index in [0.29, 0.717) is 12.0 Å². The number of benzene rings is 2. The Balaban J connectivity index is 1.95. The van der Waals surface area contributed by atoms with Gasteiger partial charge in [-0.05, 0) is 51.3 Å². The second-order valence-electron chi connectivity index (χ2n) is 7.05. The molecule has 0 atom stereocenters. The molecule has 0 spiro atoms. The summed E-state index contributed by atoms with van der Waals surface area (Å²) in [5.41, 5.74) is 4.04. The molecule has 2 rings (SSSR count). The average molecular weight is 338 g/mol. The van der Waals surface area contributed by atoms with Crippen molar-refractivity contribution in [2.24, 2.45) is 0 Å². The number of hydrogen-bond donors (Lipinski definition) is 1. The molecule has 0 unspecified atom stereocenters. The molecule has 0 radical (unpaired) electrons. The smallest absolute Gasteiger partial charge is 0.272 e. The van der Waals surface area contributed by atoms with Crippen LogP contribution in [0.15, 0.2) is 60.7 Å². The minimum Gasteiger partial charge on any atom is -0.273 e. The third-order valence-corrected chi connectivity index (χ3v) is 3.84. The third-order valence-electron chi connectivity index (χ3n) is 3.84. The highest BCUT2D eigenvalue weighted by molar-refractivity contribution is 5.95. The van der Waals surface area contributed by atoms with Crippen LogP contribution < -0.4 is 5.43 Å². The molecule has 0 fully saturated rings. The van der Waals surface area contributed by atoms with Crippen LogP contribution in [0.3, 0.4) is 0 Å². The van der Waals surface area contributed by atoms with Gasteiger partial charge >= 0.3 is 0 Å². The highest BCUT2D eigenvalue weighted by Crippen LogP contribution is 2.15. The predicted molar refractivity (Wildman–Crippen MR) is 99.9 cm³/mol. The molecule has 1 N–H and O–H groups in total. The van der Waals surface area contributed by atoms with Crippen molar-refractivity contribution in [3.8, 4) is 0 Å². The Morgan fingerprint density at radius 3 is 2.04 bits per heavy atom. The first-order valence-corrected chi connectivity index (χ1v) is 8.61. The molecule has 0 heterocycles. The van der Waals surface area contributed by atoms with E-state index in [0.717, 1.165) is 12.8 Å². The standard InChI is InChI=1S/C21H26N2O2/c1-21(2,3)23(20(25)18-14-8-5-9-15-18)22-19(24)16-10-13-17-11-6-4-7-12-17/h4-9,11-12,14-15H,10,13,16H2,1-3H3,(H,22,24). The third kappa shape index (κ3) is 5.75. The minimum atomic E-state index is -0.512. The molecule has 0 saturated heterocycles. The highest BCUT2D eigenvalue weighted by Gasteiger charge is 2.29. The lowest BCUT2D eigenvalue weighted by molar-refractivity contribution is -0.126. The van der Waals surface area contributed by atoms with Crippen molar-refractivity contribution < 1.29 is 9.59 Å². The van der Waals surface area contributed by atoms with Crippen LogP contribution in [0, 0.1) is 0 Å². The molecule has 0 aliphatic rings. The number of carbonyl (C=O) groups is 2. The fraction of sp³-hybridized carbons (Fsp3) is 0.333. The fourth-order valence-electron chi connectivity index (χ4n) is 2.51. The maximum absolute atomic E-state index is 12.7. The molecule has 2 aromatic carbocycles. The summed E-state index contributed by atoms with van der Waals surface area (Å²) >= 11 is 0. The van der Waals surface area contributed by atoms with Crippen molar-refractivity contribution in [3.63, 3.8) is 0 Å². The summed E-state index contributed by atoms with van der Waals surface area (Å²) < 4.78 is 0. The summed E-state index contributed by atoms with van der Waals surface area (Å²) in [6.07, 6.45) is 1.97. The monoisotopic (exact) mass is 338 g/mol. The van der Waals surface area contributed by atoms with Crippen molar-refractivity contribution >= 4 is 11.8 Å². The zero-order chi connectivity index (χ0) is 18.3. The van der Waals surface area contributed by atoms with Gasteiger partial charge in [0.15, 0.2) is 0 Å². The van der Waals surface area contributed by atoms with Crippen LogP contribution in [-0.2, 0) is 11.2 Å². The average Bonchev–Trinajstić information content (AvgIpc) is 2.60. The molecule has 0 saturated carbocycles. The van der Waals surface area contributed by atoms with Gasteiger partial charge in [-0.25, -0.2) is 5.01 Å². The van der Waals surface area contributed by atoms with E-state index in [9.17, 15) is 9.59 Å². The number of aryl methyl sites for hydroxylation is 1. The van der Waals surface area contributed by atoms with Gasteiger partial charge in [0.25, 0.3) is 5.91 Å². The molecule has 0 aliphatic heterocycles. The minimum absolute atomic E-state index is 0.143. The SMILES string of the molecule is CC(C)(C)N(NC(=O)CCCc1ccccc1)C(=O)c1ccccc1. The van der Waals surface area contributed by atoms with Crippen LogP contribution in [0.5, 0.6) is 0 Å². The van der Waals surface area contributed by atoms with Crippen molar-refractivity contribution in [2.45, 2.75) is 45.6 Å². The second-order valence-corrected chi connectivity index (χ2v) is 7.05. The largest absolute Gasteiger partial charge is 0.273 e. The van der Waals surface area contributed by atoms with Gasteiger partial charge in [-0.3, -0.25) is 15.0 Å². The van der Waals surface area contributed by atoms with Crippen molar-refractivity contribution in [2.75, 3.05) is 0 Å². The van der Waals surface area contributed by atoms with Gasteiger partial charge in [-0.15, -0.1) is 0 Å². The molecule has 4 heteroatoms. The fourth-order valence-corrected chi connectivity index (χ4v) is 2.51. The second kappa shape index (κ2) is 8.47. The predicted octanol–water partition coefficient (Wildman–Crippen LogP) is 3.98. The van der Waals surface area contributed by atoms with Gasteiger partial charge in [0.05, 0.1) is 5.54 Å². The molecule has 25 heavy (non-hydrogen) atoms. The number of amides is 2. The van der Waals surface area contributed by atoms with Gasteiger partial charge in [0.1, 0.15) is 0 Å². The summed E-state index contributed by atoms with van der Waals surface area (Å²) in [5, 5.41) is 1.42. The Labute approximate surface area is 149 Å². The number of nitrogens with zero attached hydrogens (tertiary/aromatic N) is 1. The molecule has 2 aromatic rings. The number of nitrogens with one attached hydrogen (secondary N) is 1. The number of carbonyl (C=O) groups excluding carboxylic acids is 2. The lowest BCUT2D eigenvalue weighted by Gasteiger charge is -2.35. The summed E-state index contributed by atoms with van der Waals surface area (Å²) in [6, 6.07) is 19.1. The van der Waals surface area contributed by atoms with Crippen LogP contribution in [0.4, 0.5) is 0 Å². The van der Waals surface area contributed by atoms with E-state index in [2.05, 4.69) is 17.6 Å². The van der Waals surface area contributed by atoms with E-state index in [1.807, 2.05) is 57.2 Å². The number of hydrazine groups is 1. The van der Waals surface area contributed by atoms with E-state index < -0.39 is 5.54 Å². The molecule has 4 nitrogen and oxygen atoms in total. The van der Waals surface area contributed by atoms with Crippen molar-refractivity contribution in [1.29, 1.82) is 0 Å². The molecular formula is C21H26N2O2. The van der Waals surface area contributed by atoms with Crippen LogP contribution in [-0.4, -0.2) is 22.4 Å². The first kappa shape index (κ1) is 18.7. The zero-order valence-corrected chi connectivity index (χ0v) is 15.2. The van der Waals surface area contributed by atoms with Gasteiger partial charge in [0.2, 0.25) is 5.91 Å². The van der Waals surface area contributed by atoms with E-state index in [1.165, 1.54) is 10.6 Å². The van der Waals surface area contributed by atoms with Crippen LogP contribution >= 0.6 is 0 Å². The molecule has 2 amide bonds. The summed E-state index contributed by atoms with van der Waals surface area (Å²) in [5.74, 6) is -0.348. The Morgan fingerprint density at radius 2 is 1.48 bits per heavy atom. The first-order valence-electron chi connectivity index (χ1n) is 8.61. The normalized spacial score (nSPS) is 11.0. The molecule has 0 aliphatic carbocycles. The lowest BCUT2D eigenvalue weighted by Crippen LogP contribution is -2.55. The van der Waals surface area contributed by atoms with Crippen LogP contribution in [0.1, 0.15) is 49.5 Å². The lowest BCUT2D eigenvalue weighted by atomic mass is 10.1. The molecule has 0 aromatic heterocycles. The first-order chi connectivity index (χ1) is 11.9. The number of hydrogen-bond acceptors (Lipinski definition) is 2. The quantitative estimate of drug-likeness (QED) is 0.838. The van der Waals surface area contributed by atoms with E-state index >= 15 is 0 Å². The Bertz CT molecular complexity index is 691. The van der Waals surface area contributed by atoms with E-state index in [4.69, 9.17) is 0 Å². The summed E-state index contributed by atoms with van der Waals surface area (Å²) in [4.78, 5) is 25.1. The van der Waals surface area contributed by atoms with Gasteiger partial charge in [-0.1, -0.05) is 48.5 Å².